The standard InChI is InChI=1S/C16H20ClNO2/c1-20-14-5-4-12(17)7-11(14)8-13(19)15-9-2-3-10(6-9)16(15)18/h4-5,7,9-10,15-16H,2-3,6,8,18H2,1H3. The number of Topliss-reactive ketones (excluding diaryl/α,β-unsaturated/α-hetero) is 1. The van der Waals surface area contributed by atoms with Crippen molar-refractivity contribution in [1.82, 2.24) is 0 Å². The molecule has 2 bridgehead atoms. The number of nitrogens with two attached hydrogens (primary N) is 1. The number of ketones is 1. The summed E-state index contributed by atoms with van der Waals surface area (Å²) < 4.78 is 5.31. The third kappa shape index (κ3) is 2.33. The summed E-state index contributed by atoms with van der Waals surface area (Å²) in [6.07, 6.45) is 3.84. The smallest absolute Gasteiger partial charge is 0.142 e. The van der Waals surface area contributed by atoms with Crippen molar-refractivity contribution in [2.45, 2.75) is 31.7 Å². The van der Waals surface area contributed by atoms with Gasteiger partial charge in [-0.05, 0) is 49.3 Å². The van der Waals surface area contributed by atoms with Crippen LogP contribution in [-0.2, 0) is 11.2 Å². The summed E-state index contributed by atoms with van der Waals surface area (Å²) in [5.74, 6) is 2.03. The summed E-state index contributed by atoms with van der Waals surface area (Å²) in [5.41, 5.74) is 7.10. The normalized spacial score (nSPS) is 31.6. The van der Waals surface area contributed by atoms with Crippen molar-refractivity contribution in [2.24, 2.45) is 23.5 Å². The van der Waals surface area contributed by atoms with Gasteiger partial charge in [0.2, 0.25) is 0 Å². The molecule has 2 saturated carbocycles. The lowest BCUT2D eigenvalue weighted by molar-refractivity contribution is -0.124. The predicted molar refractivity (Wildman–Crippen MR) is 79.0 cm³/mol. The molecule has 108 valence electrons. The monoisotopic (exact) mass is 293 g/mol. The first-order valence-corrected chi connectivity index (χ1v) is 7.58. The third-order valence-corrected chi connectivity index (χ3v) is 5.19. The molecule has 0 radical (unpaired) electrons. The number of halogens is 1. The molecule has 2 aliphatic carbocycles. The van der Waals surface area contributed by atoms with Gasteiger partial charge in [0.05, 0.1) is 7.11 Å². The van der Waals surface area contributed by atoms with Crippen LogP contribution in [0.15, 0.2) is 18.2 Å². The number of hydrogen-bond donors (Lipinski definition) is 1. The largest absolute Gasteiger partial charge is 0.496 e. The second-order valence-corrected chi connectivity index (χ2v) is 6.47. The summed E-state index contributed by atoms with van der Waals surface area (Å²) in [5, 5.41) is 0.630. The highest BCUT2D eigenvalue weighted by Crippen LogP contribution is 2.48. The maximum absolute atomic E-state index is 12.6. The Hall–Kier alpha value is -1.06. The number of ether oxygens (including phenoxy) is 1. The molecule has 4 heteroatoms. The number of benzene rings is 1. The predicted octanol–water partition coefficient (Wildman–Crippen LogP) is 2.83. The van der Waals surface area contributed by atoms with Crippen molar-refractivity contribution in [3.05, 3.63) is 28.8 Å². The topological polar surface area (TPSA) is 52.3 Å². The summed E-state index contributed by atoms with van der Waals surface area (Å²) in [6, 6.07) is 5.45. The number of carbonyl (C=O) groups is 1. The van der Waals surface area contributed by atoms with Gasteiger partial charge in [-0.3, -0.25) is 4.79 Å². The van der Waals surface area contributed by atoms with Gasteiger partial charge in [0, 0.05) is 29.0 Å². The summed E-state index contributed by atoms with van der Waals surface area (Å²) in [6.45, 7) is 0. The number of rotatable bonds is 4. The van der Waals surface area contributed by atoms with Crippen LogP contribution >= 0.6 is 11.6 Å². The number of methoxy groups -OCH3 is 1. The van der Waals surface area contributed by atoms with Crippen molar-refractivity contribution in [3.63, 3.8) is 0 Å². The van der Waals surface area contributed by atoms with Gasteiger partial charge in [-0.1, -0.05) is 11.6 Å². The molecule has 0 amide bonds. The fourth-order valence-corrected chi connectivity index (χ4v) is 4.20. The molecular formula is C16H20ClNO2. The highest BCUT2D eigenvalue weighted by atomic mass is 35.5. The average molecular weight is 294 g/mol. The van der Waals surface area contributed by atoms with Crippen molar-refractivity contribution in [2.75, 3.05) is 7.11 Å². The number of carbonyl (C=O) groups excluding carboxylic acids is 1. The van der Waals surface area contributed by atoms with E-state index in [1.165, 1.54) is 6.42 Å². The van der Waals surface area contributed by atoms with Crippen molar-refractivity contribution in [3.8, 4) is 5.75 Å². The molecule has 1 aromatic carbocycles. The van der Waals surface area contributed by atoms with E-state index in [9.17, 15) is 4.79 Å². The minimum atomic E-state index is 0.0254. The van der Waals surface area contributed by atoms with E-state index >= 15 is 0 Å². The molecule has 20 heavy (non-hydrogen) atoms. The molecule has 1 aromatic rings. The van der Waals surface area contributed by atoms with Gasteiger partial charge in [-0.2, -0.15) is 0 Å². The molecule has 2 aliphatic rings. The molecule has 3 rings (SSSR count). The molecule has 2 fully saturated rings. The van der Waals surface area contributed by atoms with Crippen molar-refractivity contribution >= 4 is 17.4 Å². The average Bonchev–Trinajstić information content (AvgIpc) is 2.99. The zero-order valence-electron chi connectivity index (χ0n) is 11.6. The Kier molecular flexibility index (Phi) is 3.74. The van der Waals surface area contributed by atoms with Gasteiger partial charge >= 0.3 is 0 Å². The van der Waals surface area contributed by atoms with Gasteiger partial charge in [0.15, 0.2) is 0 Å². The summed E-state index contributed by atoms with van der Waals surface area (Å²) in [7, 11) is 1.61. The lowest BCUT2D eigenvalue weighted by atomic mass is 9.80. The minimum Gasteiger partial charge on any atom is -0.496 e. The second-order valence-electron chi connectivity index (χ2n) is 6.04. The third-order valence-electron chi connectivity index (χ3n) is 4.96. The quantitative estimate of drug-likeness (QED) is 0.929. The Morgan fingerprint density at radius 1 is 1.40 bits per heavy atom. The van der Waals surface area contributed by atoms with E-state index in [4.69, 9.17) is 22.1 Å². The zero-order chi connectivity index (χ0) is 14.3. The molecular weight excluding hydrogens is 274 g/mol. The van der Waals surface area contributed by atoms with E-state index in [1.54, 1.807) is 13.2 Å². The fourth-order valence-electron chi connectivity index (χ4n) is 4.00. The SMILES string of the molecule is COc1ccc(Cl)cc1CC(=O)C1C2CCC(C2)C1N. The lowest BCUT2D eigenvalue weighted by Gasteiger charge is -2.27. The molecule has 0 saturated heterocycles. The van der Waals surface area contributed by atoms with Gasteiger partial charge in [-0.15, -0.1) is 0 Å². The summed E-state index contributed by atoms with van der Waals surface area (Å²) in [4.78, 5) is 12.6. The van der Waals surface area contributed by atoms with Crippen molar-refractivity contribution < 1.29 is 9.53 Å². The van der Waals surface area contributed by atoms with Crippen LogP contribution in [0.5, 0.6) is 5.75 Å². The van der Waals surface area contributed by atoms with Gasteiger partial charge < -0.3 is 10.5 Å². The van der Waals surface area contributed by atoms with Crippen LogP contribution in [0, 0.1) is 17.8 Å². The zero-order valence-corrected chi connectivity index (χ0v) is 12.4. The van der Waals surface area contributed by atoms with Crippen LogP contribution in [0.3, 0.4) is 0 Å². The molecule has 0 aromatic heterocycles. The maximum Gasteiger partial charge on any atom is 0.142 e. The first kappa shape index (κ1) is 13.9. The van der Waals surface area contributed by atoms with Gasteiger partial charge in [0.25, 0.3) is 0 Å². The van der Waals surface area contributed by atoms with Crippen LogP contribution in [0.1, 0.15) is 24.8 Å². The highest BCUT2D eigenvalue weighted by Gasteiger charge is 2.48. The summed E-state index contributed by atoms with van der Waals surface area (Å²) >= 11 is 6.02. The molecule has 2 N–H and O–H groups in total. The second kappa shape index (κ2) is 5.38. The van der Waals surface area contributed by atoms with E-state index in [1.807, 2.05) is 12.1 Å². The Labute approximate surface area is 124 Å². The maximum atomic E-state index is 12.6. The van der Waals surface area contributed by atoms with E-state index in [2.05, 4.69) is 0 Å². The van der Waals surface area contributed by atoms with Gasteiger partial charge in [0.1, 0.15) is 11.5 Å². The minimum absolute atomic E-state index is 0.0254. The first-order chi connectivity index (χ1) is 9.60. The Balaban J connectivity index is 1.78. The van der Waals surface area contributed by atoms with Crippen LogP contribution in [0.4, 0.5) is 0 Å². The number of hydrogen-bond acceptors (Lipinski definition) is 3. The van der Waals surface area contributed by atoms with Crippen LogP contribution < -0.4 is 10.5 Å². The molecule has 0 heterocycles. The lowest BCUT2D eigenvalue weighted by Crippen LogP contribution is -2.40. The number of fused-ring (bicyclic) bond motifs is 2. The highest BCUT2D eigenvalue weighted by molar-refractivity contribution is 6.30. The van der Waals surface area contributed by atoms with Crippen LogP contribution in [-0.4, -0.2) is 18.9 Å². The molecule has 3 nitrogen and oxygen atoms in total. The van der Waals surface area contributed by atoms with E-state index in [-0.39, 0.29) is 17.7 Å². The van der Waals surface area contributed by atoms with Crippen molar-refractivity contribution in [1.29, 1.82) is 0 Å². The first-order valence-electron chi connectivity index (χ1n) is 7.21. The molecule has 4 atom stereocenters. The van der Waals surface area contributed by atoms with Gasteiger partial charge in [-0.25, -0.2) is 0 Å². The molecule has 0 aliphatic heterocycles. The van der Waals surface area contributed by atoms with Crippen LogP contribution in [0.2, 0.25) is 5.02 Å². The molecule has 0 spiro atoms. The van der Waals surface area contributed by atoms with Crippen LogP contribution in [0.25, 0.3) is 0 Å². The Morgan fingerprint density at radius 2 is 2.15 bits per heavy atom. The van der Waals surface area contributed by atoms with E-state index in [0.717, 1.165) is 24.2 Å². The fraction of sp³-hybridized carbons (Fsp3) is 0.562. The molecule has 4 unspecified atom stereocenters. The van der Waals surface area contributed by atoms with E-state index in [0.29, 0.717) is 23.3 Å². The Bertz CT molecular complexity index is 529. The Morgan fingerprint density at radius 3 is 2.80 bits per heavy atom. The van der Waals surface area contributed by atoms with E-state index < -0.39 is 0 Å².